The predicted molar refractivity (Wildman–Crippen MR) is 132 cm³/mol. The molecule has 1 fully saturated rings. The van der Waals surface area contributed by atoms with Crippen LogP contribution in [0.1, 0.15) is 45.8 Å². The topological polar surface area (TPSA) is 96.1 Å². The van der Waals surface area contributed by atoms with Gasteiger partial charge in [-0.3, -0.25) is 9.59 Å². The molecular weight excluding hydrogens is 446 g/mol. The summed E-state index contributed by atoms with van der Waals surface area (Å²) in [6, 6.07) is 15.2. The molecule has 0 atom stereocenters. The van der Waals surface area contributed by atoms with Crippen LogP contribution in [-0.4, -0.2) is 47.2 Å². The Labute approximate surface area is 205 Å². The number of aliphatic carboxylic acids is 1. The fourth-order valence-corrected chi connectivity index (χ4v) is 4.36. The van der Waals surface area contributed by atoms with Crippen molar-refractivity contribution in [2.45, 2.75) is 39.8 Å². The van der Waals surface area contributed by atoms with Crippen LogP contribution < -0.4 is 9.64 Å². The van der Waals surface area contributed by atoms with E-state index in [-0.39, 0.29) is 11.8 Å². The van der Waals surface area contributed by atoms with Gasteiger partial charge in [0.25, 0.3) is 5.91 Å². The summed E-state index contributed by atoms with van der Waals surface area (Å²) in [6.07, 6.45) is 1.30. The second-order valence-corrected chi connectivity index (χ2v) is 9.05. The molecule has 0 radical (unpaired) electrons. The van der Waals surface area contributed by atoms with Crippen molar-refractivity contribution in [1.29, 1.82) is 0 Å². The first-order valence-electron chi connectivity index (χ1n) is 11.8. The van der Waals surface area contributed by atoms with Crippen LogP contribution in [0.3, 0.4) is 0 Å². The highest BCUT2D eigenvalue weighted by Gasteiger charge is 2.24. The van der Waals surface area contributed by atoms with Crippen LogP contribution in [0.15, 0.2) is 53.1 Å². The molecule has 35 heavy (non-hydrogen) atoms. The Kier molecular flexibility index (Phi) is 7.39. The number of carboxylic acid groups (broad SMARTS) is 1. The lowest BCUT2D eigenvalue weighted by molar-refractivity contribution is -0.142. The van der Waals surface area contributed by atoms with Crippen LogP contribution in [0.2, 0.25) is 0 Å². The average Bonchev–Trinajstić information content (AvgIpc) is 3.19. The van der Waals surface area contributed by atoms with Gasteiger partial charge in [-0.05, 0) is 68.7 Å². The molecule has 2 heterocycles. The predicted octanol–water partition coefficient (Wildman–Crippen LogP) is 4.44. The number of benzene rings is 2. The fourth-order valence-electron chi connectivity index (χ4n) is 4.36. The first-order chi connectivity index (χ1) is 16.8. The molecule has 1 aliphatic heterocycles. The summed E-state index contributed by atoms with van der Waals surface area (Å²) in [5, 5.41) is 13.1. The number of rotatable bonds is 8. The molecule has 4 rings (SSSR count). The maximum Gasteiger partial charge on any atom is 0.306 e. The van der Waals surface area contributed by atoms with E-state index < -0.39 is 5.97 Å². The standard InChI is InChI=1S/C27H31N3O5/c1-18-25(19(2)35-28-18)17-34-24-9-7-21(8-10-24)26(31)29(3)16-20-5-4-6-23(15-20)30-13-11-22(12-14-30)27(32)33/h4-10,15,22H,11-14,16-17H2,1-3H3,(H,32,33). The number of carboxylic acids is 1. The van der Waals surface area contributed by atoms with Crippen LogP contribution >= 0.6 is 0 Å². The van der Waals surface area contributed by atoms with Crippen molar-refractivity contribution in [3.63, 3.8) is 0 Å². The molecule has 2 aromatic carbocycles. The molecule has 8 nitrogen and oxygen atoms in total. The Bertz CT molecular complexity index is 1160. The number of carbonyl (C=O) groups is 2. The first-order valence-corrected chi connectivity index (χ1v) is 11.8. The number of ether oxygens (including phenoxy) is 1. The maximum absolute atomic E-state index is 13.0. The van der Waals surface area contributed by atoms with E-state index in [0.717, 1.165) is 41.4 Å². The van der Waals surface area contributed by atoms with Gasteiger partial charge < -0.3 is 24.2 Å². The number of aryl methyl sites for hydroxylation is 2. The van der Waals surface area contributed by atoms with E-state index in [1.807, 2.05) is 32.0 Å². The Morgan fingerprint density at radius 1 is 1.14 bits per heavy atom. The van der Waals surface area contributed by atoms with E-state index in [1.54, 1.807) is 36.2 Å². The van der Waals surface area contributed by atoms with Crippen LogP contribution in [-0.2, 0) is 17.9 Å². The zero-order valence-electron chi connectivity index (χ0n) is 20.4. The van der Waals surface area contributed by atoms with Crippen molar-refractivity contribution in [2.24, 2.45) is 5.92 Å². The van der Waals surface area contributed by atoms with Gasteiger partial charge in [0.2, 0.25) is 0 Å². The molecule has 0 unspecified atom stereocenters. The van der Waals surface area contributed by atoms with E-state index in [2.05, 4.69) is 16.1 Å². The van der Waals surface area contributed by atoms with Gasteiger partial charge in [-0.25, -0.2) is 0 Å². The smallest absolute Gasteiger partial charge is 0.306 e. The fraction of sp³-hybridized carbons (Fsp3) is 0.370. The van der Waals surface area contributed by atoms with Crippen LogP contribution in [0, 0.1) is 19.8 Å². The van der Waals surface area contributed by atoms with Crippen LogP contribution in [0.5, 0.6) is 5.75 Å². The third-order valence-corrected chi connectivity index (χ3v) is 6.55. The van der Waals surface area contributed by atoms with E-state index in [9.17, 15) is 14.7 Å². The Morgan fingerprint density at radius 3 is 2.49 bits per heavy atom. The number of hydrogen-bond acceptors (Lipinski definition) is 6. The number of carbonyl (C=O) groups excluding carboxylic acids is 1. The number of amides is 1. The van der Waals surface area contributed by atoms with Crippen molar-refractivity contribution in [2.75, 3.05) is 25.0 Å². The lowest BCUT2D eigenvalue weighted by atomic mass is 9.96. The zero-order chi connectivity index (χ0) is 24.9. The lowest BCUT2D eigenvalue weighted by Gasteiger charge is -2.32. The molecule has 1 aliphatic rings. The zero-order valence-corrected chi connectivity index (χ0v) is 20.4. The SMILES string of the molecule is Cc1noc(C)c1COc1ccc(C(=O)N(C)Cc2cccc(N3CCC(C(=O)O)CC3)c2)cc1. The molecule has 3 aromatic rings. The summed E-state index contributed by atoms with van der Waals surface area (Å²) in [4.78, 5) is 28.1. The van der Waals surface area contributed by atoms with Gasteiger partial charge >= 0.3 is 5.97 Å². The van der Waals surface area contributed by atoms with Gasteiger partial charge in [0.1, 0.15) is 18.1 Å². The Morgan fingerprint density at radius 2 is 1.86 bits per heavy atom. The van der Waals surface area contributed by atoms with Crippen LogP contribution in [0.25, 0.3) is 0 Å². The van der Waals surface area contributed by atoms with E-state index in [0.29, 0.717) is 37.3 Å². The molecule has 1 amide bonds. The molecule has 0 saturated carbocycles. The minimum absolute atomic E-state index is 0.0741. The highest BCUT2D eigenvalue weighted by molar-refractivity contribution is 5.94. The van der Waals surface area contributed by atoms with Crippen LogP contribution in [0.4, 0.5) is 5.69 Å². The highest BCUT2D eigenvalue weighted by Crippen LogP contribution is 2.25. The highest BCUT2D eigenvalue weighted by atomic mass is 16.5. The Balaban J connectivity index is 1.33. The van der Waals surface area contributed by atoms with Gasteiger partial charge in [-0.15, -0.1) is 0 Å². The maximum atomic E-state index is 13.0. The number of piperidine rings is 1. The summed E-state index contributed by atoms with van der Waals surface area (Å²) >= 11 is 0. The van der Waals surface area contributed by atoms with E-state index in [4.69, 9.17) is 9.26 Å². The summed E-state index contributed by atoms with van der Waals surface area (Å²) in [6.45, 7) is 6.01. The monoisotopic (exact) mass is 477 g/mol. The summed E-state index contributed by atoms with van der Waals surface area (Å²) in [7, 11) is 1.79. The average molecular weight is 478 g/mol. The molecule has 184 valence electrons. The second-order valence-electron chi connectivity index (χ2n) is 9.05. The molecule has 0 aliphatic carbocycles. The lowest BCUT2D eigenvalue weighted by Crippen LogP contribution is -2.36. The second kappa shape index (κ2) is 10.6. The minimum Gasteiger partial charge on any atom is -0.489 e. The van der Waals surface area contributed by atoms with Crippen molar-refractivity contribution >= 4 is 17.6 Å². The molecule has 1 aromatic heterocycles. The van der Waals surface area contributed by atoms with Crippen molar-refractivity contribution in [1.82, 2.24) is 10.1 Å². The summed E-state index contributed by atoms with van der Waals surface area (Å²) in [5.74, 6) is 0.368. The normalized spacial score (nSPS) is 14.1. The summed E-state index contributed by atoms with van der Waals surface area (Å²) < 4.78 is 11.0. The third kappa shape index (κ3) is 5.82. The van der Waals surface area contributed by atoms with Crippen molar-refractivity contribution in [3.05, 3.63) is 76.7 Å². The van der Waals surface area contributed by atoms with Crippen molar-refractivity contribution in [3.8, 4) is 5.75 Å². The van der Waals surface area contributed by atoms with Crippen molar-refractivity contribution < 1.29 is 24.0 Å². The van der Waals surface area contributed by atoms with E-state index in [1.165, 1.54) is 0 Å². The molecule has 0 bridgehead atoms. The van der Waals surface area contributed by atoms with Gasteiger partial charge in [0.05, 0.1) is 17.2 Å². The third-order valence-electron chi connectivity index (χ3n) is 6.55. The van der Waals surface area contributed by atoms with Gasteiger partial charge in [-0.1, -0.05) is 17.3 Å². The van der Waals surface area contributed by atoms with Gasteiger partial charge in [0, 0.05) is 37.9 Å². The number of aromatic nitrogens is 1. The molecule has 0 spiro atoms. The number of hydrogen-bond donors (Lipinski definition) is 1. The largest absolute Gasteiger partial charge is 0.489 e. The molecule has 8 heteroatoms. The minimum atomic E-state index is -0.710. The van der Waals surface area contributed by atoms with E-state index >= 15 is 0 Å². The quantitative estimate of drug-likeness (QED) is 0.512. The van der Waals surface area contributed by atoms with Gasteiger partial charge in [-0.2, -0.15) is 0 Å². The molecule has 1 saturated heterocycles. The summed E-state index contributed by atoms with van der Waals surface area (Å²) in [5.41, 5.74) is 4.41. The number of anilines is 1. The Hall–Kier alpha value is -3.81. The molecule has 1 N–H and O–H groups in total. The first kappa shape index (κ1) is 24.3. The number of nitrogens with zero attached hydrogens (tertiary/aromatic N) is 3. The molecular formula is C27H31N3O5. The van der Waals surface area contributed by atoms with Gasteiger partial charge in [0.15, 0.2) is 0 Å².